The number of nitrogens with one attached hydrogen (secondary N) is 5. The van der Waals surface area contributed by atoms with Gasteiger partial charge in [-0.3, -0.25) is 24.0 Å². The normalized spacial score (nSPS) is 23.9. The molecule has 0 spiro atoms. The Kier molecular flexibility index (Phi) is 19.0. The maximum absolute atomic E-state index is 13.0. The first-order valence-electron chi connectivity index (χ1n) is 20.0. The number of amides is 6. The van der Waals surface area contributed by atoms with E-state index in [0.29, 0.717) is 71.7 Å². The standard InChI is InChI=1S/C34H59BN10O14.Ga/c1-22(2)32(33(56)39-23(3)34(57)45-6-4-5-24(45)35(58)59)40-27(48)17-37-25(46)15-36-26(47)16-38-28(49)18-41-7-9-42(19-29(50)51)11-13-44(21-31(54)55)14-12-43(10-8-41)20-30(52)53;/h22-24,32,58-59H,4-21H2,1-3H3,(H,36,47)(H,37,46)(H,38,49)(H,39,56)(H,40,48)(H,50,51)(H,52,53)(H,54,55);/q;+3/p-3/t23-,24+,32+;/m1./s1. The number of fused-ring (bicyclic) bond motifs is 7. The second-order valence-corrected chi connectivity index (χ2v) is 18.1. The molecule has 26 heteroatoms. The largest absolute Gasteiger partial charge is 0.475 e. The summed E-state index contributed by atoms with van der Waals surface area (Å²) in [5, 5.41) is 31.5. The Balaban J connectivity index is 1.20. The van der Waals surface area contributed by atoms with E-state index in [1.807, 2.05) is 19.6 Å². The molecule has 24 nitrogen and oxygen atoms in total. The number of rotatable bonds is 14. The van der Waals surface area contributed by atoms with Gasteiger partial charge in [0.25, 0.3) is 0 Å². The molecule has 0 aromatic rings. The van der Waals surface area contributed by atoms with Gasteiger partial charge in [0.2, 0.25) is 23.6 Å². The third kappa shape index (κ3) is 15.9. The zero-order chi connectivity index (χ0) is 43.9. The Morgan fingerprint density at radius 3 is 1.58 bits per heavy atom. The van der Waals surface area contributed by atoms with E-state index in [0.717, 1.165) is 0 Å². The van der Waals surface area contributed by atoms with Crippen molar-refractivity contribution in [3.8, 4) is 0 Å². The molecule has 0 aliphatic carbocycles. The molecule has 0 radical (unpaired) electrons. The zero-order valence-corrected chi connectivity index (χ0v) is 36.6. The summed E-state index contributed by atoms with van der Waals surface area (Å²) >= 11 is -3.99. The van der Waals surface area contributed by atoms with Crippen molar-refractivity contribution in [3.05, 3.63) is 0 Å². The summed E-state index contributed by atoms with van der Waals surface area (Å²) in [5.41, 5.74) is 0. The molecule has 0 aromatic heterocycles. The average Bonchev–Trinajstić information content (AvgIpc) is 3.67. The van der Waals surface area contributed by atoms with Crippen LogP contribution in [-0.4, -0.2) is 235 Å². The van der Waals surface area contributed by atoms with Crippen LogP contribution >= 0.6 is 0 Å². The van der Waals surface area contributed by atoms with Crippen molar-refractivity contribution in [3.63, 3.8) is 0 Å². The number of likely N-dealkylation sites (tertiary alicyclic amines) is 1. The van der Waals surface area contributed by atoms with Gasteiger partial charge in [-0.2, -0.15) is 0 Å². The minimum atomic E-state index is -3.99. The van der Waals surface area contributed by atoms with E-state index in [1.165, 1.54) is 11.8 Å². The summed E-state index contributed by atoms with van der Waals surface area (Å²) < 4.78 is 16.0. The first-order chi connectivity index (χ1) is 28.5. The van der Waals surface area contributed by atoms with Crippen LogP contribution in [0, 0.1) is 5.92 Å². The topological polar surface area (TPSA) is 298 Å². The molecule has 4 heterocycles. The van der Waals surface area contributed by atoms with Gasteiger partial charge in [-0.25, -0.2) is 0 Å². The minimum absolute atomic E-state index is 0.0474. The zero-order valence-electron chi connectivity index (χ0n) is 34.2. The summed E-state index contributed by atoms with van der Waals surface area (Å²) in [7, 11) is -1.71. The third-order valence-corrected chi connectivity index (χ3v) is 13.2. The molecule has 4 bridgehead atoms. The molecule has 4 rings (SSSR count). The molecule has 0 saturated carbocycles. The van der Waals surface area contributed by atoms with Crippen LogP contribution in [0.25, 0.3) is 0 Å². The van der Waals surface area contributed by atoms with Gasteiger partial charge in [0.15, 0.2) is 0 Å². The van der Waals surface area contributed by atoms with Crippen LogP contribution in [-0.2, 0) is 53.7 Å². The SMILES string of the molecule is CC(C)[C@H](NC(=O)CNC(=O)CNC(=O)CNC(=O)CN1CCN2CCN3CCN(CC1)CC(=O)[O][Ga]([O]C(=O)C2)[O]C(=O)C3)C(=O)N[C@H](C)C(=O)N1CCC[C@H]1B(O)O. The molecule has 4 aliphatic heterocycles. The Morgan fingerprint density at radius 2 is 1.12 bits per heavy atom. The van der Waals surface area contributed by atoms with Crippen molar-refractivity contribution in [2.45, 2.75) is 51.6 Å². The summed E-state index contributed by atoms with van der Waals surface area (Å²) in [4.78, 5) is 123. The van der Waals surface area contributed by atoms with E-state index in [2.05, 4.69) is 26.6 Å². The van der Waals surface area contributed by atoms with Gasteiger partial charge in [-0.15, -0.1) is 0 Å². The molecule has 4 fully saturated rings. The van der Waals surface area contributed by atoms with Crippen molar-refractivity contribution in [2.24, 2.45) is 5.92 Å². The van der Waals surface area contributed by atoms with Gasteiger partial charge in [-0.1, -0.05) is 13.8 Å². The van der Waals surface area contributed by atoms with Crippen molar-refractivity contribution in [2.75, 3.05) is 105 Å². The predicted octanol–water partition coefficient (Wildman–Crippen LogP) is -7.15. The Morgan fingerprint density at radius 1 is 0.667 bits per heavy atom. The van der Waals surface area contributed by atoms with Crippen LogP contribution in [0.1, 0.15) is 33.6 Å². The number of carbonyl (C=O) groups is 9. The Hall–Kier alpha value is -4.31. The number of hydrogen-bond donors (Lipinski definition) is 7. The van der Waals surface area contributed by atoms with Crippen molar-refractivity contribution < 1.29 is 63.8 Å². The van der Waals surface area contributed by atoms with E-state index < -0.39 is 121 Å². The van der Waals surface area contributed by atoms with Crippen LogP contribution < -0.4 is 26.6 Å². The molecule has 4 saturated heterocycles. The fraction of sp³-hybridized carbons (Fsp3) is 0.735. The Bertz CT molecular complexity index is 1560. The molecule has 0 aromatic carbocycles. The van der Waals surface area contributed by atoms with Crippen LogP contribution in [0.3, 0.4) is 0 Å². The quantitative estimate of drug-likeness (QED) is 0.0797. The summed E-state index contributed by atoms with van der Waals surface area (Å²) in [6.45, 7) is 6.28. The van der Waals surface area contributed by atoms with Crippen LogP contribution in [0.5, 0.6) is 0 Å². The van der Waals surface area contributed by atoms with Gasteiger partial charge in [0, 0.05) is 6.54 Å². The first kappa shape index (κ1) is 48.4. The van der Waals surface area contributed by atoms with Crippen molar-refractivity contribution >= 4 is 77.8 Å². The van der Waals surface area contributed by atoms with Crippen LogP contribution in [0.4, 0.5) is 0 Å². The van der Waals surface area contributed by atoms with E-state index in [-0.39, 0.29) is 26.2 Å². The predicted molar refractivity (Wildman–Crippen MR) is 208 cm³/mol. The molecule has 2 unspecified atom stereocenters. The van der Waals surface area contributed by atoms with Crippen molar-refractivity contribution in [1.29, 1.82) is 0 Å². The molecule has 4 aliphatic rings. The van der Waals surface area contributed by atoms with Gasteiger partial charge in [-0.05, 0) is 25.7 Å². The van der Waals surface area contributed by atoms with Gasteiger partial charge in [0.05, 0.1) is 19.0 Å². The molecule has 332 valence electrons. The van der Waals surface area contributed by atoms with E-state index in [4.69, 9.17) is 10.6 Å². The summed E-state index contributed by atoms with van der Waals surface area (Å²) in [5.74, 6) is -6.91. The van der Waals surface area contributed by atoms with E-state index >= 15 is 0 Å². The number of carbonyl (C=O) groups excluding carboxylic acids is 9. The molecule has 7 N–H and O–H groups in total. The summed E-state index contributed by atoms with van der Waals surface area (Å²) in [6.07, 6.45) is 0.997. The Labute approximate surface area is 354 Å². The molecular weight excluding hydrogens is 853 g/mol. The maximum atomic E-state index is 13.0. The molecule has 6 amide bonds. The second kappa shape index (κ2) is 23.6. The van der Waals surface area contributed by atoms with Gasteiger partial charge >= 0.3 is 194 Å². The smallest absolute Gasteiger partial charge is 0.426 e. The molecule has 5 atom stereocenters. The number of hydrogen-bond acceptors (Lipinski definition) is 18. The number of nitrogens with zero attached hydrogens (tertiary/aromatic N) is 5. The fourth-order valence-electron chi connectivity index (χ4n) is 6.93. The van der Waals surface area contributed by atoms with Gasteiger partial charge < -0.3 is 36.2 Å². The van der Waals surface area contributed by atoms with Crippen molar-refractivity contribution in [1.82, 2.24) is 51.1 Å². The van der Waals surface area contributed by atoms with Crippen LogP contribution in [0.2, 0.25) is 0 Å². The monoisotopic (exact) mass is 908 g/mol. The van der Waals surface area contributed by atoms with E-state index in [9.17, 15) is 53.2 Å². The third-order valence-electron chi connectivity index (χ3n) is 10.3. The fourth-order valence-corrected chi connectivity index (χ4v) is 9.06. The molecular formula is C34H56BGaN10O14. The summed E-state index contributed by atoms with van der Waals surface area (Å²) in [6, 6.07) is -2.07. The van der Waals surface area contributed by atoms with Gasteiger partial charge in [0.1, 0.15) is 12.1 Å². The molecule has 60 heavy (non-hydrogen) atoms. The van der Waals surface area contributed by atoms with E-state index in [1.54, 1.807) is 13.8 Å². The average molecular weight is 909 g/mol. The minimum Gasteiger partial charge on any atom is -0.426 e. The maximum Gasteiger partial charge on any atom is 0.475 e. The van der Waals surface area contributed by atoms with Crippen LogP contribution in [0.15, 0.2) is 0 Å². The second-order valence-electron chi connectivity index (χ2n) is 15.4. The first-order valence-corrected chi connectivity index (χ1v) is 23.0.